The van der Waals surface area contributed by atoms with Crippen LogP contribution in [0.4, 0.5) is 5.95 Å². The molecule has 0 fully saturated rings. The van der Waals surface area contributed by atoms with Crippen molar-refractivity contribution in [3.05, 3.63) is 39.6 Å². The second kappa shape index (κ2) is 4.27. The van der Waals surface area contributed by atoms with Gasteiger partial charge in [0.05, 0.1) is 6.04 Å². The van der Waals surface area contributed by atoms with Crippen LogP contribution < -0.4 is 5.73 Å². The molecule has 0 aliphatic heterocycles. The van der Waals surface area contributed by atoms with E-state index in [9.17, 15) is 0 Å². The highest BCUT2D eigenvalue weighted by molar-refractivity contribution is 7.71. The van der Waals surface area contributed by atoms with Crippen LogP contribution in [0.5, 0.6) is 0 Å². The van der Waals surface area contributed by atoms with Crippen LogP contribution in [0.1, 0.15) is 18.5 Å². The number of aromatic amines is 1. The van der Waals surface area contributed by atoms with Crippen molar-refractivity contribution in [2.24, 2.45) is 0 Å². The lowest BCUT2D eigenvalue weighted by atomic mass is 10.1. The van der Waals surface area contributed by atoms with Crippen molar-refractivity contribution in [3.8, 4) is 0 Å². The topological polar surface area (TPSA) is 59.6 Å². The number of halogens is 1. The Morgan fingerprint density at radius 3 is 2.56 bits per heavy atom. The standard InChI is InChI=1S/C10H11ClN4S/c1-6(7-2-4-8(11)5-3-7)15-9(12)13-14-10(15)16/h2-6H,1H3,(H2,12,13)(H,14,16). The second-order valence-corrected chi connectivity index (χ2v) is 4.31. The smallest absolute Gasteiger partial charge is 0.221 e. The van der Waals surface area contributed by atoms with Crippen molar-refractivity contribution >= 4 is 29.8 Å². The highest BCUT2D eigenvalue weighted by Gasteiger charge is 2.12. The number of nitrogen functional groups attached to an aromatic ring is 1. The van der Waals surface area contributed by atoms with E-state index in [0.29, 0.717) is 15.7 Å². The molecule has 4 nitrogen and oxygen atoms in total. The second-order valence-electron chi connectivity index (χ2n) is 3.48. The molecular weight excluding hydrogens is 244 g/mol. The Balaban J connectivity index is 2.43. The molecule has 16 heavy (non-hydrogen) atoms. The predicted molar refractivity (Wildman–Crippen MR) is 67.1 cm³/mol. The number of hydrogen-bond donors (Lipinski definition) is 2. The van der Waals surface area contributed by atoms with Gasteiger partial charge in [0.25, 0.3) is 0 Å². The molecule has 1 heterocycles. The van der Waals surface area contributed by atoms with Crippen molar-refractivity contribution in [1.29, 1.82) is 0 Å². The first-order valence-electron chi connectivity index (χ1n) is 4.77. The van der Waals surface area contributed by atoms with Gasteiger partial charge in [-0.15, -0.1) is 5.10 Å². The molecule has 6 heteroatoms. The quantitative estimate of drug-likeness (QED) is 0.811. The Labute approximate surface area is 103 Å². The van der Waals surface area contributed by atoms with Gasteiger partial charge in [-0.1, -0.05) is 23.7 Å². The third-order valence-corrected chi connectivity index (χ3v) is 3.01. The largest absolute Gasteiger partial charge is 0.368 e. The summed E-state index contributed by atoms with van der Waals surface area (Å²) in [5.41, 5.74) is 6.81. The zero-order chi connectivity index (χ0) is 11.7. The van der Waals surface area contributed by atoms with Gasteiger partial charge < -0.3 is 5.73 Å². The monoisotopic (exact) mass is 254 g/mol. The van der Waals surface area contributed by atoms with Gasteiger partial charge in [-0.2, -0.15) is 0 Å². The number of nitrogens with one attached hydrogen (secondary N) is 1. The molecule has 0 aliphatic rings. The fourth-order valence-electron chi connectivity index (χ4n) is 1.58. The molecule has 0 saturated carbocycles. The summed E-state index contributed by atoms with van der Waals surface area (Å²) in [6.07, 6.45) is 0. The Hall–Kier alpha value is -1.33. The van der Waals surface area contributed by atoms with Crippen molar-refractivity contribution in [2.75, 3.05) is 5.73 Å². The number of nitrogens with zero attached hydrogens (tertiary/aromatic N) is 2. The lowest BCUT2D eigenvalue weighted by molar-refractivity contribution is 0.637. The van der Waals surface area contributed by atoms with Crippen LogP contribution in [0.25, 0.3) is 0 Å². The maximum absolute atomic E-state index is 5.83. The summed E-state index contributed by atoms with van der Waals surface area (Å²) in [5.74, 6) is 0.382. The molecule has 0 saturated heterocycles. The van der Waals surface area contributed by atoms with Gasteiger partial charge in [0.15, 0.2) is 4.77 Å². The van der Waals surface area contributed by atoms with E-state index in [1.54, 1.807) is 4.57 Å². The van der Waals surface area contributed by atoms with Crippen LogP contribution in [0.15, 0.2) is 24.3 Å². The first-order valence-corrected chi connectivity index (χ1v) is 5.56. The number of rotatable bonds is 2. The van der Waals surface area contributed by atoms with Crippen LogP contribution in [0, 0.1) is 4.77 Å². The van der Waals surface area contributed by atoms with Gasteiger partial charge in [-0.3, -0.25) is 4.57 Å². The van der Waals surface area contributed by atoms with Crippen LogP contribution in [0.3, 0.4) is 0 Å². The van der Waals surface area contributed by atoms with Gasteiger partial charge in [-0.05, 0) is 36.8 Å². The van der Waals surface area contributed by atoms with E-state index in [1.165, 1.54) is 0 Å². The van der Waals surface area contributed by atoms with Crippen LogP contribution in [0.2, 0.25) is 5.02 Å². The summed E-state index contributed by atoms with van der Waals surface area (Å²) >= 11 is 10.9. The van der Waals surface area contributed by atoms with Gasteiger partial charge in [0.2, 0.25) is 5.95 Å². The van der Waals surface area contributed by atoms with E-state index < -0.39 is 0 Å². The van der Waals surface area contributed by atoms with Crippen LogP contribution >= 0.6 is 23.8 Å². The number of nitrogens with two attached hydrogens (primary N) is 1. The molecule has 0 aliphatic carbocycles. The summed E-state index contributed by atoms with van der Waals surface area (Å²) in [7, 11) is 0. The zero-order valence-electron chi connectivity index (χ0n) is 8.64. The van der Waals surface area contributed by atoms with Crippen LogP contribution in [-0.4, -0.2) is 14.8 Å². The van der Waals surface area contributed by atoms with Crippen molar-refractivity contribution in [2.45, 2.75) is 13.0 Å². The van der Waals surface area contributed by atoms with Crippen molar-refractivity contribution in [3.63, 3.8) is 0 Å². The minimum Gasteiger partial charge on any atom is -0.368 e. The fraction of sp³-hybridized carbons (Fsp3) is 0.200. The molecule has 1 aromatic carbocycles. The highest BCUT2D eigenvalue weighted by Crippen LogP contribution is 2.21. The number of benzene rings is 1. The highest BCUT2D eigenvalue weighted by atomic mass is 35.5. The third kappa shape index (κ3) is 1.96. The predicted octanol–water partition coefficient (Wildman–Crippen LogP) is 2.79. The lowest BCUT2D eigenvalue weighted by Gasteiger charge is -2.14. The molecule has 1 aromatic heterocycles. The number of anilines is 1. The Morgan fingerprint density at radius 1 is 1.44 bits per heavy atom. The SMILES string of the molecule is CC(c1ccc(Cl)cc1)n1c(N)n[nH]c1=S. The van der Waals surface area contributed by atoms with Gasteiger partial charge in [-0.25, -0.2) is 5.10 Å². The first-order chi connectivity index (χ1) is 7.59. The van der Waals surface area contributed by atoms with E-state index >= 15 is 0 Å². The fourth-order valence-corrected chi connectivity index (χ4v) is 2.00. The molecule has 0 spiro atoms. The van der Waals surface area contributed by atoms with Gasteiger partial charge in [0, 0.05) is 5.02 Å². The summed E-state index contributed by atoms with van der Waals surface area (Å²) in [5, 5.41) is 7.25. The first kappa shape index (κ1) is 11.2. The summed E-state index contributed by atoms with van der Waals surface area (Å²) < 4.78 is 2.28. The van der Waals surface area contributed by atoms with E-state index in [1.807, 2.05) is 31.2 Å². The van der Waals surface area contributed by atoms with Crippen molar-refractivity contribution < 1.29 is 0 Å². The summed E-state index contributed by atoms with van der Waals surface area (Å²) in [6.45, 7) is 2.00. The molecule has 1 unspecified atom stereocenters. The molecule has 84 valence electrons. The van der Waals surface area contributed by atoms with Gasteiger partial charge in [0.1, 0.15) is 0 Å². The van der Waals surface area contributed by atoms with E-state index in [2.05, 4.69) is 10.2 Å². The van der Waals surface area contributed by atoms with E-state index in [-0.39, 0.29) is 6.04 Å². The molecule has 0 bridgehead atoms. The van der Waals surface area contributed by atoms with Crippen LogP contribution in [-0.2, 0) is 0 Å². The van der Waals surface area contributed by atoms with E-state index in [0.717, 1.165) is 5.56 Å². The molecule has 2 aromatic rings. The number of aromatic nitrogens is 3. The molecule has 0 radical (unpaired) electrons. The average Bonchev–Trinajstić information content (AvgIpc) is 2.59. The number of hydrogen-bond acceptors (Lipinski definition) is 3. The normalized spacial score (nSPS) is 12.6. The van der Waals surface area contributed by atoms with Crippen molar-refractivity contribution in [1.82, 2.24) is 14.8 Å². The third-order valence-electron chi connectivity index (χ3n) is 2.47. The zero-order valence-corrected chi connectivity index (χ0v) is 10.2. The molecule has 3 N–H and O–H groups in total. The molecular formula is C10H11ClN4S. The maximum Gasteiger partial charge on any atom is 0.221 e. The summed E-state index contributed by atoms with van der Waals surface area (Å²) in [4.78, 5) is 0. The average molecular weight is 255 g/mol. The molecule has 2 rings (SSSR count). The maximum atomic E-state index is 5.83. The minimum atomic E-state index is 0.0310. The Kier molecular flexibility index (Phi) is 2.98. The Morgan fingerprint density at radius 2 is 2.06 bits per heavy atom. The van der Waals surface area contributed by atoms with Gasteiger partial charge >= 0.3 is 0 Å². The summed E-state index contributed by atoms with van der Waals surface area (Å²) in [6, 6.07) is 7.60. The number of H-pyrrole nitrogens is 1. The Bertz CT molecular complexity index is 543. The minimum absolute atomic E-state index is 0.0310. The van der Waals surface area contributed by atoms with E-state index in [4.69, 9.17) is 29.6 Å². The molecule has 1 atom stereocenters. The lowest BCUT2D eigenvalue weighted by Crippen LogP contribution is -2.10. The molecule has 0 amide bonds.